The van der Waals surface area contributed by atoms with E-state index in [2.05, 4.69) is 20.2 Å². The normalized spacial score (nSPS) is 10.4. The minimum Gasteiger partial charge on any atom is -0.477 e. The fraction of sp³-hybridized carbons (Fsp3) is 0.125. The van der Waals surface area contributed by atoms with Crippen molar-refractivity contribution in [1.82, 2.24) is 20.2 Å². The van der Waals surface area contributed by atoms with E-state index in [4.69, 9.17) is 5.11 Å². The first-order chi connectivity index (χ1) is 6.68. The number of imidazole rings is 1. The zero-order valence-corrected chi connectivity index (χ0v) is 7.40. The van der Waals surface area contributed by atoms with E-state index in [-0.39, 0.29) is 5.69 Å². The molecule has 0 aliphatic rings. The largest absolute Gasteiger partial charge is 0.477 e. The number of carboxylic acids is 1. The van der Waals surface area contributed by atoms with Crippen molar-refractivity contribution < 1.29 is 9.90 Å². The number of carbonyl (C=O) groups is 1. The number of nitrogens with zero attached hydrogens (tertiary/aromatic N) is 2. The third kappa shape index (κ3) is 1.26. The van der Waals surface area contributed by atoms with E-state index in [1.165, 1.54) is 6.07 Å². The summed E-state index contributed by atoms with van der Waals surface area (Å²) in [7, 11) is 0. The molecule has 3 N–H and O–H groups in total. The molecule has 0 aliphatic carbocycles. The molecule has 6 heteroatoms. The summed E-state index contributed by atoms with van der Waals surface area (Å²) in [5, 5.41) is 14.9. The molecule has 0 aliphatic heterocycles. The molecule has 0 amide bonds. The Morgan fingerprint density at radius 3 is 2.86 bits per heavy atom. The summed E-state index contributed by atoms with van der Waals surface area (Å²) < 4.78 is 0. The molecule has 2 aromatic rings. The third-order valence-corrected chi connectivity index (χ3v) is 1.88. The maximum atomic E-state index is 10.6. The molecule has 2 aromatic heterocycles. The summed E-state index contributed by atoms with van der Waals surface area (Å²) in [6, 6.07) is 1.45. The molecular formula is C8H8N4O2. The summed E-state index contributed by atoms with van der Waals surface area (Å²) in [4.78, 5) is 17.5. The van der Waals surface area contributed by atoms with Crippen molar-refractivity contribution in [1.29, 1.82) is 0 Å². The fourth-order valence-corrected chi connectivity index (χ4v) is 1.17. The SMILES string of the molecule is Cc1[nH]cnc1-c1cc(C(=O)O)[nH]n1. The summed E-state index contributed by atoms with van der Waals surface area (Å²) in [5.41, 5.74) is 2.10. The highest BCUT2D eigenvalue weighted by Crippen LogP contribution is 2.17. The van der Waals surface area contributed by atoms with Gasteiger partial charge in [0, 0.05) is 11.8 Å². The van der Waals surface area contributed by atoms with Crippen molar-refractivity contribution >= 4 is 5.97 Å². The maximum Gasteiger partial charge on any atom is 0.353 e. The Balaban J connectivity index is 2.43. The van der Waals surface area contributed by atoms with Gasteiger partial charge in [-0.3, -0.25) is 5.10 Å². The Bertz CT molecular complexity index is 471. The van der Waals surface area contributed by atoms with Crippen LogP contribution in [0.3, 0.4) is 0 Å². The average Bonchev–Trinajstić information content (AvgIpc) is 2.71. The molecule has 2 rings (SSSR count). The van der Waals surface area contributed by atoms with Gasteiger partial charge in [0.25, 0.3) is 0 Å². The third-order valence-electron chi connectivity index (χ3n) is 1.88. The quantitative estimate of drug-likeness (QED) is 0.656. The van der Waals surface area contributed by atoms with Gasteiger partial charge in [0.05, 0.1) is 6.33 Å². The van der Waals surface area contributed by atoms with Crippen LogP contribution in [-0.2, 0) is 0 Å². The van der Waals surface area contributed by atoms with Gasteiger partial charge in [-0.1, -0.05) is 0 Å². The predicted molar refractivity (Wildman–Crippen MR) is 47.9 cm³/mol. The van der Waals surface area contributed by atoms with Gasteiger partial charge >= 0.3 is 5.97 Å². The summed E-state index contributed by atoms with van der Waals surface area (Å²) in [5.74, 6) is -1.03. The maximum absolute atomic E-state index is 10.6. The molecular weight excluding hydrogens is 184 g/mol. The van der Waals surface area contributed by atoms with Crippen molar-refractivity contribution in [3.63, 3.8) is 0 Å². The topological polar surface area (TPSA) is 94.7 Å². The van der Waals surface area contributed by atoms with Gasteiger partial charge in [-0.15, -0.1) is 0 Å². The first-order valence-corrected chi connectivity index (χ1v) is 3.97. The number of hydrogen-bond acceptors (Lipinski definition) is 3. The number of rotatable bonds is 2. The van der Waals surface area contributed by atoms with Crippen LogP contribution in [0.5, 0.6) is 0 Å². The van der Waals surface area contributed by atoms with Crippen molar-refractivity contribution in [2.75, 3.05) is 0 Å². The van der Waals surface area contributed by atoms with Crippen LogP contribution in [0.2, 0.25) is 0 Å². The molecule has 0 unspecified atom stereocenters. The Morgan fingerprint density at radius 2 is 2.36 bits per heavy atom. The molecule has 0 saturated carbocycles. The number of aromatic carboxylic acids is 1. The molecule has 0 spiro atoms. The lowest BCUT2D eigenvalue weighted by atomic mass is 10.2. The highest BCUT2D eigenvalue weighted by Gasteiger charge is 2.12. The van der Waals surface area contributed by atoms with Gasteiger partial charge in [0.2, 0.25) is 0 Å². The zero-order valence-electron chi connectivity index (χ0n) is 7.40. The highest BCUT2D eigenvalue weighted by atomic mass is 16.4. The number of aromatic amines is 2. The van der Waals surface area contributed by atoms with E-state index in [0.29, 0.717) is 11.4 Å². The Labute approximate surface area is 79.0 Å². The van der Waals surface area contributed by atoms with Gasteiger partial charge in [-0.05, 0) is 6.92 Å². The summed E-state index contributed by atoms with van der Waals surface area (Å²) >= 11 is 0. The molecule has 0 saturated heterocycles. The number of nitrogens with one attached hydrogen (secondary N) is 2. The van der Waals surface area contributed by atoms with Gasteiger partial charge in [-0.25, -0.2) is 9.78 Å². The number of hydrogen-bond donors (Lipinski definition) is 3. The van der Waals surface area contributed by atoms with E-state index >= 15 is 0 Å². The van der Waals surface area contributed by atoms with E-state index in [1.807, 2.05) is 6.92 Å². The van der Waals surface area contributed by atoms with E-state index in [0.717, 1.165) is 5.69 Å². The number of aryl methyl sites for hydroxylation is 1. The van der Waals surface area contributed by atoms with Crippen molar-refractivity contribution in [3.8, 4) is 11.4 Å². The van der Waals surface area contributed by atoms with E-state index in [9.17, 15) is 4.79 Å². The molecule has 14 heavy (non-hydrogen) atoms. The van der Waals surface area contributed by atoms with Crippen LogP contribution in [0.1, 0.15) is 16.2 Å². The lowest BCUT2D eigenvalue weighted by Gasteiger charge is -1.89. The highest BCUT2D eigenvalue weighted by molar-refractivity contribution is 5.86. The second-order valence-electron chi connectivity index (χ2n) is 2.85. The second kappa shape index (κ2) is 2.99. The first kappa shape index (κ1) is 8.49. The molecule has 0 atom stereocenters. The lowest BCUT2D eigenvalue weighted by molar-refractivity contribution is 0.0690. The first-order valence-electron chi connectivity index (χ1n) is 3.97. The van der Waals surface area contributed by atoms with Crippen LogP contribution < -0.4 is 0 Å². The number of H-pyrrole nitrogens is 2. The average molecular weight is 192 g/mol. The predicted octanol–water partition coefficient (Wildman–Crippen LogP) is 0.806. The zero-order chi connectivity index (χ0) is 10.1. The van der Waals surface area contributed by atoms with Gasteiger partial charge < -0.3 is 10.1 Å². The molecule has 6 nitrogen and oxygen atoms in total. The Kier molecular flexibility index (Phi) is 1.81. The van der Waals surface area contributed by atoms with E-state index in [1.54, 1.807) is 6.33 Å². The smallest absolute Gasteiger partial charge is 0.353 e. The molecule has 0 radical (unpaired) electrons. The van der Waals surface area contributed by atoms with Gasteiger partial charge in [0.15, 0.2) is 0 Å². The van der Waals surface area contributed by atoms with Gasteiger partial charge in [-0.2, -0.15) is 5.10 Å². The lowest BCUT2D eigenvalue weighted by Crippen LogP contribution is -1.95. The van der Waals surface area contributed by atoms with E-state index < -0.39 is 5.97 Å². The monoisotopic (exact) mass is 192 g/mol. The summed E-state index contributed by atoms with van der Waals surface area (Å²) in [6.07, 6.45) is 1.54. The Morgan fingerprint density at radius 1 is 1.57 bits per heavy atom. The van der Waals surface area contributed by atoms with Crippen LogP contribution in [0.15, 0.2) is 12.4 Å². The molecule has 2 heterocycles. The number of aromatic nitrogens is 4. The minimum atomic E-state index is -1.03. The van der Waals surface area contributed by atoms with Crippen molar-refractivity contribution in [3.05, 3.63) is 23.8 Å². The van der Waals surface area contributed by atoms with Crippen LogP contribution in [0.4, 0.5) is 0 Å². The van der Waals surface area contributed by atoms with Crippen LogP contribution in [0.25, 0.3) is 11.4 Å². The van der Waals surface area contributed by atoms with Gasteiger partial charge in [0.1, 0.15) is 17.1 Å². The molecule has 0 fully saturated rings. The molecule has 72 valence electrons. The fourth-order valence-electron chi connectivity index (χ4n) is 1.17. The standard InChI is InChI=1S/C8H8N4O2/c1-4-7(10-3-9-4)5-2-6(8(13)14)12-11-5/h2-3H,1H3,(H,9,10)(H,11,12)(H,13,14). The Hall–Kier alpha value is -2.11. The minimum absolute atomic E-state index is 0.0578. The van der Waals surface area contributed by atoms with Crippen LogP contribution >= 0.6 is 0 Å². The second-order valence-corrected chi connectivity index (χ2v) is 2.85. The number of carboxylic acid groups (broad SMARTS) is 1. The molecule has 0 bridgehead atoms. The van der Waals surface area contributed by atoms with Crippen molar-refractivity contribution in [2.24, 2.45) is 0 Å². The summed E-state index contributed by atoms with van der Waals surface area (Å²) in [6.45, 7) is 1.84. The molecule has 0 aromatic carbocycles. The van der Waals surface area contributed by atoms with Crippen LogP contribution in [-0.4, -0.2) is 31.2 Å². The van der Waals surface area contributed by atoms with Crippen LogP contribution in [0, 0.1) is 6.92 Å². The van der Waals surface area contributed by atoms with Crippen molar-refractivity contribution in [2.45, 2.75) is 6.92 Å².